The van der Waals surface area contributed by atoms with Crippen molar-refractivity contribution in [3.05, 3.63) is 107 Å². The Bertz CT molecular complexity index is 1640. The molecule has 3 atom stereocenters. The first kappa shape index (κ1) is 40.8. The van der Waals surface area contributed by atoms with Crippen molar-refractivity contribution in [3.63, 3.8) is 0 Å². The third-order valence-electron chi connectivity index (χ3n) is 8.54. The van der Waals surface area contributed by atoms with Gasteiger partial charge in [-0.3, -0.25) is 9.59 Å². The van der Waals surface area contributed by atoms with Crippen LogP contribution in [0.5, 0.6) is 0 Å². The summed E-state index contributed by atoms with van der Waals surface area (Å²) in [6, 6.07) is 21.2. The van der Waals surface area contributed by atoms with Crippen LogP contribution in [-0.4, -0.2) is 57.6 Å². The molecule has 51 heavy (non-hydrogen) atoms. The van der Waals surface area contributed by atoms with Crippen molar-refractivity contribution in [2.75, 3.05) is 0 Å². The van der Waals surface area contributed by atoms with Crippen LogP contribution >= 0.6 is 0 Å². The quantitative estimate of drug-likeness (QED) is 0.178. The van der Waals surface area contributed by atoms with Gasteiger partial charge in [-0.1, -0.05) is 91.3 Å². The summed E-state index contributed by atoms with van der Waals surface area (Å²) >= 11 is 0. The minimum atomic E-state index is -1.17. The van der Waals surface area contributed by atoms with E-state index in [2.05, 4.69) is 10.6 Å². The van der Waals surface area contributed by atoms with E-state index < -0.39 is 58.7 Å². The SMILES string of the molecule is CCC(C)(C)N(C(=O)C(Cc1ccccc1)NC(=O)OC(C)(C)C)C(C(=O)NC(Cc1ccccc1)C(=O)OC(C)(C)C)c1ccc(C)cc1C. The molecule has 0 saturated heterocycles. The molecule has 0 aliphatic heterocycles. The molecule has 3 rings (SSSR count). The number of ether oxygens (including phenoxy) is 2. The van der Waals surface area contributed by atoms with E-state index in [0.29, 0.717) is 12.0 Å². The van der Waals surface area contributed by atoms with Crippen molar-refractivity contribution in [2.24, 2.45) is 0 Å². The predicted molar refractivity (Wildman–Crippen MR) is 201 cm³/mol. The van der Waals surface area contributed by atoms with Crippen LogP contribution in [0.3, 0.4) is 0 Å². The topological polar surface area (TPSA) is 114 Å². The monoisotopic (exact) mass is 699 g/mol. The van der Waals surface area contributed by atoms with Crippen LogP contribution in [0.2, 0.25) is 0 Å². The van der Waals surface area contributed by atoms with E-state index in [1.54, 1.807) is 46.4 Å². The molecule has 0 aliphatic carbocycles. The molecule has 0 bridgehead atoms. The molecule has 3 amide bonds. The van der Waals surface area contributed by atoms with Crippen LogP contribution in [0.15, 0.2) is 78.9 Å². The van der Waals surface area contributed by atoms with Gasteiger partial charge in [-0.15, -0.1) is 0 Å². The maximum absolute atomic E-state index is 15.1. The van der Waals surface area contributed by atoms with Gasteiger partial charge in [-0.2, -0.15) is 0 Å². The van der Waals surface area contributed by atoms with Gasteiger partial charge in [0, 0.05) is 18.4 Å². The van der Waals surface area contributed by atoms with Crippen molar-refractivity contribution in [2.45, 2.75) is 130 Å². The van der Waals surface area contributed by atoms with Gasteiger partial charge >= 0.3 is 12.1 Å². The molecule has 3 aromatic carbocycles. The smallest absolute Gasteiger partial charge is 0.408 e. The van der Waals surface area contributed by atoms with Crippen LogP contribution in [0.4, 0.5) is 4.79 Å². The highest BCUT2D eigenvalue weighted by Gasteiger charge is 2.44. The maximum atomic E-state index is 15.1. The third-order valence-corrected chi connectivity index (χ3v) is 8.54. The second kappa shape index (κ2) is 17.0. The second-order valence-corrected chi connectivity index (χ2v) is 15.8. The van der Waals surface area contributed by atoms with E-state index >= 15 is 4.79 Å². The minimum Gasteiger partial charge on any atom is -0.458 e. The molecule has 9 nitrogen and oxygen atoms in total. The molecule has 0 fully saturated rings. The van der Waals surface area contributed by atoms with Crippen molar-refractivity contribution >= 4 is 23.9 Å². The molecule has 0 spiro atoms. The highest BCUT2D eigenvalue weighted by Crippen LogP contribution is 2.34. The number of hydrogen-bond donors (Lipinski definition) is 2. The lowest BCUT2D eigenvalue weighted by molar-refractivity contribution is -0.159. The molecule has 0 saturated carbocycles. The number of carbonyl (C=O) groups excluding carboxylic acids is 4. The Hall–Kier alpha value is -4.66. The number of rotatable bonds is 13. The maximum Gasteiger partial charge on any atom is 0.408 e. The Labute approximate surface area is 304 Å². The van der Waals surface area contributed by atoms with Gasteiger partial charge in [-0.25, -0.2) is 9.59 Å². The van der Waals surface area contributed by atoms with Gasteiger partial charge in [-0.05, 0) is 97.9 Å². The van der Waals surface area contributed by atoms with Crippen LogP contribution in [0, 0.1) is 13.8 Å². The molecule has 2 N–H and O–H groups in total. The van der Waals surface area contributed by atoms with E-state index in [4.69, 9.17) is 9.47 Å². The summed E-state index contributed by atoms with van der Waals surface area (Å²) < 4.78 is 11.4. The zero-order chi connectivity index (χ0) is 38.1. The normalized spacial score (nSPS) is 13.7. The molecule has 0 aromatic heterocycles. The van der Waals surface area contributed by atoms with Crippen LogP contribution in [-0.2, 0) is 36.7 Å². The fourth-order valence-electron chi connectivity index (χ4n) is 5.81. The Balaban J connectivity index is 2.20. The van der Waals surface area contributed by atoms with E-state index in [-0.39, 0.29) is 12.8 Å². The van der Waals surface area contributed by atoms with Crippen molar-refractivity contribution in [3.8, 4) is 0 Å². The number of carbonyl (C=O) groups is 4. The molecular weight excluding hydrogens is 642 g/mol. The lowest BCUT2D eigenvalue weighted by Crippen LogP contribution is -2.61. The summed E-state index contributed by atoms with van der Waals surface area (Å²) in [5.74, 6) is -1.59. The predicted octanol–water partition coefficient (Wildman–Crippen LogP) is 7.57. The lowest BCUT2D eigenvalue weighted by Gasteiger charge is -2.45. The Morgan fingerprint density at radius 1 is 0.686 bits per heavy atom. The molecule has 0 heterocycles. The molecule has 9 heteroatoms. The Morgan fingerprint density at radius 2 is 1.20 bits per heavy atom. The van der Waals surface area contributed by atoms with Gasteiger partial charge in [0.1, 0.15) is 29.3 Å². The summed E-state index contributed by atoms with van der Waals surface area (Å²) in [7, 11) is 0. The third kappa shape index (κ3) is 12.3. The molecule has 0 radical (unpaired) electrons. The van der Waals surface area contributed by atoms with E-state index in [0.717, 1.165) is 22.3 Å². The number of amides is 3. The summed E-state index contributed by atoms with van der Waals surface area (Å²) in [4.78, 5) is 58.6. The van der Waals surface area contributed by atoms with E-state index in [9.17, 15) is 14.4 Å². The van der Waals surface area contributed by atoms with Gasteiger partial charge in [0.15, 0.2) is 0 Å². The highest BCUT2D eigenvalue weighted by atomic mass is 16.6. The molecule has 3 unspecified atom stereocenters. The number of nitrogens with one attached hydrogen (secondary N) is 2. The van der Waals surface area contributed by atoms with E-state index in [1.165, 1.54) is 0 Å². The van der Waals surface area contributed by atoms with Crippen LogP contribution < -0.4 is 10.6 Å². The van der Waals surface area contributed by atoms with Crippen LogP contribution in [0.25, 0.3) is 0 Å². The van der Waals surface area contributed by atoms with Crippen molar-refractivity contribution < 1.29 is 28.7 Å². The minimum absolute atomic E-state index is 0.158. The summed E-state index contributed by atoms with van der Waals surface area (Å²) in [6.45, 7) is 20.2. The van der Waals surface area contributed by atoms with Crippen LogP contribution in [0.1, 0.15) is 103 Å². The van der Waals surface area contributed by atoms with Gasteiger partial charge in [0.05, 0.1) is 0 Å². The van der Waals surface area contributed by atoms with Gasteiger partial charge in [0.2, 0.25) is 11.8 Å². The highest BCUT2D eigenvalue weighted by molar-refractivity contribution is 5.94. The Kier molecular flexibility index (Phi) is 13.6. The number of nitrogens with zero attached hydrogens (tertiary/aromatic N) is 1. The zero-order valence-corrected chi connectivity index (χ0v) is 32.3. The Morgan fingerprint density at radius 3 is 1.67 bits per heavy atom. The van der Waals surface area contributed by atoms with Gasteiger partial charge < -0.3 is 25.0 Å². The van der Waals surface area contributed by atoms with Gasteiger partial charge in [0.25, 0.3) is 0 Å². The first-order chi connectivity index (χ1) is 23.7. The fraction of sp³-hybridized carbons (Fsp3) is 0.476. The molecule has 3 aromatic rings. The van der Waals surface area contributed by atoms with E-state index in [1.807, 2.05) is 113 Å². The lowest BCUT2D eigenvalue weighted by atomic mass is 9.89. The van der Waals surface area contributed by atoms with Crippen molar-refractivity contribution in [1.82, 2.24) is 15.5 Å². The second-order valence-electron chi connectivity index (χ2n) is 15.8. The van der Waals surface area contributed by atoms with Crippen molar-refractivity contribution in [1.29, 1.82) is 0 Å². The molecule has 276 valence electrons. The number of hydrogen-bond acceptors (Lipinski definition) is 6. The summed E-state index contributed by atoms with van der Waals surface area (Å²) in [5.41, 5.74) is 1.57. The first-order valence-electron chi connectivity index (χ1n) is 17.7. The average Bonchev–Trinajstić information content (AvgIpc) is 3.02. The largest absolute Gasteiger partial charge is 0.458 e. The number of esters is 1. The fourth-order valence-corrected chi connectivity index (χ4v) is 5.81. The summed E-state index contributed by atoms with van der Waals surface area (Å²) in [5, 5.41) is 5.83. The first-order valence-corrected chi connectivity index (χ1v) is 17.7. The molecule has 0 aliphatic rings. The molecular formula is C42H57N3O6. The number of alkyl carbamates (subject to hydrolysis) is 1. The number of benzene rings is 3. The average molecular weight is 700 g/mol. The standard InChI is InChI=1S/C42H57N3O6/c1-12-42(10,11)45(37(47)33(26-30-19-15-13-16-20-30)44-39(49)51-41(7,8)9)35(32-24-23-28(2)25-29(32)3)36(46)43-34(38(48)50-40(4,5)6)27-31-21-17-14-18-22-31/h13-25,33-35H,12,26-27H2,1-11H3,(H,43,46)(H,44,49). The summed E-state index contributed by atoms with van der Waals surface area (Å²) in [6.07, 6.45) is 0.0808. The zero-order valence-electron chi connectivity index (χ0n) is 32.3. The number of aryl methyl sites for hydroxylation is 2.